The van der Waals surface area contributed by atoms with Crippen LogP contribution in [0.4, 0.5) is 10.6 Å². The van der Waals surface area contributed by atoms with Crippen LogP contribution in [0.15, 0.2) is 43.1 Å². The van der Waals surface area contributed by atoms with Gasteiger partial charge >= 0.3 is 6.09 Å². The van der Waals surface area contributed by atoms with Crippen molar-refractivity contribution in [3.63, 3.8) is 0 Å². The van der Waals surface area contributed by atoms with Gasteiger partial charge in [0.1, 0.15) is 23.0 Å². The summed E-state index contributed by atoms with van der Waals surface area (Å²) in [6.07, 6.45) is 9.31. The molecule has 0 unspecified atom stereocenters. The van der Waals surface area contributed by atoms with Crippen LogP contribution in [0.1, 0.15) is 18.4 Å². The lowest BCUT2D eigenvalue weighted by Crippen LogP contribution is -2.47. The van der Waals surface area contributed by atoms with E-state index >= 15 is 0 Å². The number of anilines is 1. The lowest BCUT2D eigenvalue weighted by Gasteiger charge is -2.33. The summed E-state index contributed by atoms with van der Waals surface area (Å²) < 4.78 is 3.36. The maximum absolute atomic E-state index is 11.0. The van der Waals surface area contributed by atoms with Gasteiger partial charge in [-0.15, -0.1) is 0 Å². The average Bonchev–Trinajstić information content (AvgIpc) is 3.44. The molecule has 11 heteroatoms. The minimum Gasteiger partial charge on any atom is -0.465 e. The van der Waals surface area contributed by atoms with Gasteiger partial charge in [-0.25, -0.2) is 19.3 Å². The van der Waals surface area contributed by atoms with Crippen molar-refractivity contribution < 1.29 is 9.90 Å². The van der Waals surface area contributed by atoms with Crippen LogP contribution >= 0.6 is 0 Å². The van der Waals surface area contributed by atoms with Crippen LogP contribution in [0.25, 0.3) is 28.0 Å². The molecule has 0 aromatic carbocycles. The summed E-state index contributed by atoms with van der Waals surface area (Å²) in [5.41, 5.74) is 3.92. The summed E-state index contributed by atoms with van der Waals surface area (Å²) in [6.45, 7) is 1.38. The van der Waals surface area contributed by atoms with Gasteiger partial charge in [0.05, 0.1) is 30.0 Å². The van der Waals surface area contributed by atoms with Crippen molar-refractivity contribution in [3.05, 3.63) is 48.7 Å². The molecule has 1 atom stereocenters. The van der Waals surface area contributed by atoms with E-state index in [1.807, 2.05) is 25.4 Å². The molecule has 2 N–H and O–H groups in total. The number of carboxylic acid groups (broad SMARTS) is 1. The Morgan fingerprint density at radius 3 is 2.79 bits per heavy atom. The Bertz CT molecular complexity index is 1370. The number of rotatable bonds is 4. The molecule has 1 amide bonds. The van der Waals surface area contributed by atoms with Gasteiger partial charge in [-0.3, -0.25) is 4.68 Å². The fourth-order valence-corrected chi connectivity index (χ4v) is 4.18. The smallest absolute Gasteiger partial charge is 0.404 e. The van der Waals surface area contributed by atoms with Crippen molar-refractivity contribution >= 4 is 17.4 Å². The molecular weight excluding hydrogens is 422 g/mol. The largest absolute Gasteiger partial charge is 0.465 e. The number of fused-ring (bicyclic) bond motifs is 1. The van der Waals surface area contributed by atoms with E-state index in [2.05, 4.69) is 31.5 Å². The highest BCUT2D eigenvalue weighted by molar-refractivity contribution is 5.83. The first-order valence-corrected chi connectivity index (χ1v) is 10.5. The van der Waals surface area contributed by atoms with Gasteiger partial charge in [-0.05, 0) is 25.0 Å². The van der Waals surface area contributed by atoms with Crippen molar-refractivity contribution in [2.75, 3.05) is 18.0 Å². The first-order valence-electron chi connectivity index (χ1n) is 10.5. The standard InChI is InChI=1S/C22H21N9O2/c1-29-11-16(10-25-29)18-13-31-21(15(7-23)9-26-31)20(28-18)14-4-5-19(24-8-14)30-6-2-3-17(12-30)27-22(32)33/h4-5,8-11,13,17,27H,2-3,6,12H2,1H3,(H,32,33)/t17-/m0/s1. The molecule has 0 aliphatic carbocycles. The molecule has 1 saturated heterocycles. The van der Waals surface area contributed by atoms with E-state index in [9.17, 15) is 10.1 Å². The summed E-state index contributed by atoms with van der Waals surface area (Å²) >= 11 is 0. The molecule has 0 spiro atoms. The number of nitrogens with one attached hydrogen (secondary N) is 1. The van der Waals surface area contributed by atoms with E-state index in [1.165, 1.54) is 6.20 Å². The Morgan fingerprint density at radius 1 is 1.21 bits per heavy atom. The number of amides is 1. The van der Waals surface area contributed by atoms with Gasteiger partial charge in [0.2, 0.25) is 0 Å². The van der Waals surface area contributed by atoms with Gasteiger partial charge in [-0.2, -0.15) is 15.5 Å². The minimum atomic E-state index is -1.01. The second-order valence-electron chi connectivity index (χ2n) is 7.98. The van der Waals surface area contributed by atoms with Crippen LogP contribution in [-0.4, -0.2) is 59.7 Å². The van der Waals surface area contributed by atoms with Gasteiger partial charge in [-0.1, -0.05) is 0 Å². The predicted octanol–water partition coefficient (Wildman–Crippen LogP) is 2.30. The number of nitrogens with zero attached hydrogens (tertiary/aromatic N) is 8. The summed E-state index contributed by atoms with van der Waals surface area (Å²) in [7, 11) is 1.84. The van der Waals surface area contributed by atoms with Crippen LogP contribution < -0.4 is 10.2 Å². The molecule has 1 aliphatic rings. The molecule has 5 rings (SSSR count). The van der Waals surface area contributed by atoms with Crippen LogP contribution in [0.3, 0.4) is 0 Å². The minimum absolute atomic E-state index is 0.125. The zero-order chi connectivity index (χ0) is 22.9. The summed E-state index contributed by atoms with van der Waals surface area (Å²) in [4.78, 5) is 22.5. The third kappa shape index (κ3) is 3.94. The zero-order valence-corrected chi connectivity index (χ0v) is 17.9. The van der Waals surface area contributed by atoms with E-state index in [4.69, 9.17) is 10.1 Å². The normalized spacial score (nSPS) is 16.0. The number of carbonyl (C=O) groups is 1. The number of piperidine rings is 1. The van der Waals surface area contributed by atoms with Crippen molar-refractivity contribution in [2.24, 2.45) is 7.05 Å². The fourth-order valence-electron chi connectivity index (χ4n) is 4.18. The summed E-state index contributed by atoms with van der Waals surface area (Å²) in [6, 6.07) is 5.87. The van der Waals surface area contributed by atoms with Crippen molar-refractivity contribution in [3.8, 4) is 28.6 Å². The Balaban J connectivity index is 1.51. The van der Waals surface area contributed by atoms with Gasteiger partial charge in [0.25, 0.3) is 0 Å². The van der Waals surface area contributed by atoms with Gasteiger partial charge in [0, 0.05) is 49.7 Å². The number of aromatic nitrogens is 6. The van der Waals surface area contributed by atoms with E-state index < -0.39 is 6.09 Å². The average molecular weight is 443 g/mol. The quantitative estimate of drug-likeness (QED) is 0.490. The number of hydrogen-bond acceptors (Lipinski definition) is 7. The lowest BCUT2D eigenvalue weighted by molar-refractivity contribution is 0.188. The second kappa shape index (κ2) is 8.23. The van der Waals surface area contributed by atoms with Gasteiger partial charge < -0.3 is 15.3 Å². The van der Waals surface area contributed by atoms with Gasteiger partial charge in [0.15, 0.2) is 0 Å². The number of nitriles is 1. The molecule has 33 heavy (non-hydrogen) atoms. The highest BCUT2D eigenvalue weighted by atomic mass is 16.4. The van der Waals surface area contributed by atoms with Crippen molar-refractivity contribution in [1.82, 2.24) is 34.7 Å². The van der Waals surface area contributed by atoms with Crippen LogP contribution in [0, 0.1) is 11.3 Å². The molecule has 1 aliphatic heterocycles. The second-order valence-corrected chi connectivity index (χ2v) is 7.98. The Hall–Kier alpha value is -4.46. The molecule has 4 aromatic heterocycles. The van der Waals surface area contributed by atoms with Crippen LogP contribution in [0.2, 0.25) is 0 Å². The van der Waals surface area contributed by atoms with Crippen LogP contribution in [-0.2, 0) is 7.05 Å². The molecule has 1 fully saturated rings. The SMILES string of the molecule is Cn1cc(-c2cn3ncc(C#N)c3c(-c3ccc(N4CCC[C@H](NC(=O)O)C4)nc3)n2)cn1. The number of hydrogen-bond donors (Lipinski definition) is 2. The Morgan fingerprint density at radius 2 is 2.09 bits per heavy atom. The highest BCUT2D eigenvalue weighted by Gasteiger charge is 2.23. The summed E-state index contributed by atoms with van der Waals surface area (Å²) in [5, 5.41) is 29.7. The monoisotopic (exact) mass is 443 g/mol. The predicted molar refractivity (Wildman–Crippen MR) is 120 cm³/mol. The Kier molecular flexibility index (Phi) is 5.10. The third-order valence-corrected chi connectivity index (χ3v) is 5.71. The molecular formula is C22H21N9O2. The van der Waals surface area contributed by atoms with Crippen LogP contribution in [0.5, 0.6) is 0 Å². The molecule has 11 nitrogen and oxygen atoms in total. The molecule has 0 saturated carbocycles. The maximum Gasteiger partial charge on any atom is 0.404 e. The van der Waals surface area contributed by atoms with E-state index in [-0.39, 0.29) is 6.04 Å². The number of aryl methyl sites for hydroxylation is 1. The topological polar surface area (TPSA) is 137 Å². The van der Waals surface area contributed by atoms with E-state index in [1.54, 1.807) is 27.8 Å². The Labute approximate surface area is 188 Å². The van der Waals surface area contributed by atoms with Crippen molar-refractivity contribution in [2.45, 2.75) is 18.9 Å². The van der Waals surface area contributed by atoms with Crippen molar-refractivity contribution in [1.29, 1.82) is 5.26 Å². The number of pyridine rings is 1. The molecule has 0 radical (unpaired) electrons. The first-order chi connectivity index (χ1) is 16.0. The lowest BCUT2D eigenvalue weighted by atomic mass is 10.1. The molecule has 0 bridgehead atoms. The fraction of sp³-hybridized carbons (Fsp3) is 0.273. The third-order valence-electron chi connectivity index (χ3n) is 5.71. The molecule has 5 heterocycles. The highest BCUT2D eigenvalue weighted by Crippen LogP contribution is 2.29. The van der Waals surface area contributed by atoms with E-state index in [0.29, 0.717) is 29.0 Å². The molecule has 166 valence electrons. The summed E-state index contributed by atoms with van der Waals surface area (Å²) in [5.74, 6) is 0.768. The zero-order valence-electron chi connectivity index (χ0n) is 17.9. The molecule has 4 aromatic rings. The maximum atomic E-state index is 11.0. The first kappa shape index (κ1) is 20.4. The van der Waals surface area contributed by atoms with E-state index in [0.717, 1.165) is 36.3 Å².